The zero-order chi connectivity index (χ0) is 21.0. The number of hydroxylamine groups is 1. The van der Waals surface area contributed by atoms with Gasteiger partial charge < -0.3 is 10.2 Å². The highest BCUT2D eigenvalue weighted by atomic mass is 16.5. The van der Waals surface area contributed by atoms with Gasteiger partial charge in [-0.05, 0) is 29.8 Å². The highest BCUT2D eigenvalue weighted by Gasteiger charge is 2.33. The average Bonchev–Trinajstić information content (AvgIpc) is 2.78. The predicted molar refractivity (Wildman–Crippen MR) is 107 cm³/mol. The molecule has 1 heterocycles. The summed E-state index contributed by atoms with van der Waals surface area (Å²) in [7, 11) is 2.66. The molecule has 148 valence electrons. The molecule has 1 unspecified atom stereocenters. The van der Waals surface area contributed by atoms with Crippen LogP contribution in [0, 0.1) is 0 Å². The van der Waals surface area contributed by atoms with Crippen molar-refractivity contribution in [2.45, 2.75) is 6.04 Å². The maximum atomic E-state index is 12.7. The highest BCUT2D eigenvalue weighted by Crippen LogP contribution is 2.23. The second-order valence-corrected chi connectivity index (χ2v) is 6.40. The lowest BCUT2D eigenvalue weighted by atomic mass is 10.0. The Bertz CT molecular complexity index is 1050. The van der Waals surface area contributed by atoms with Gasteiger partial charge in [-0.3, -0.25) is 24.6 Å². The Morgan fingerprint density at radius 3 is 2.34 bits per heavy atom. The summed E-state index contributed by atoms with van der Waals surface area (Å²) in [4.78, 5) is 41.9. The van der Waals surface area contributed by atoms with Crippen molar-refractivity contribution in [3.05, 3.63) is 66.4 Å². The number of hydrogen-bond acceptors (Lipinski definition) is 5. The van der Waals surface area contributed by atoms with E-state index in [1.807, 2.05) is 30.3 Å². The molecule has 0 bridgehead atoms. The van der Waals surface area contributed by atoms with Gasteiger partial charge in [-0.2, -0.15) is 0 Å². The third kappa shape index (κ3) is 4.07. The van der Waals surface area contributed by atoms with E-state index in [2.05, 4.69) is 10.3 Å². The van der Waals surface area contributed by atoms with Crippen LogP contribution in [0.3, 0.4) is 0 Å². The van der Waals surface area contributed by atoms with Gasteiger partial charge in [-0.15, -0.1) is 0 Å². The Morgan fingerprint density at radius 1 is 1.00 bits per heavy atom. The number of nitrogens with one attached hydrogen (secondary N) is 2. The lowest BCUT2D eigenvalue weighted by molar-refractivity contribution is -0.140. The maximum absolute atomic E-state index is 12.7. The van der Waals surface area contributed by atoms with E-state index in [1.54, 1.807) is 30.5 Å². The number of nitrogens with zero attached hydrogens (tertiary/aromatic N) is 2. The van der Waals surface area contributed by atoms with Gasteiger partial charge in [-0.1, -0.05) is 30.3 Å². The topological polar surface area (TPSA) is 112 Å². The van der Waals surface area contributed by atoms with E-state index in [1.165, 1.54) is 19.6 Å². The average molecular weight is 392 g/mol. The van der Waals surface area contributed by atoms with Crippen molar-refractivity contribution in [2.75, 3.05) is 14.1 Å². The number of carbonyl (C=O) groups is 3. The molecule has 8 nitrogen and oxygen atoms in total. The Morgan fingerprint density at radius 2 is 1.69 bits per heavy atom. The second kappa shape index (κ2) is 8.49. The summed E-state index contributed by atoms with van der Waals surface area (Å²) in [5.74, 6) is -2.25. The molecule has 1 atom stereocenters. The molecule has 0 radical (unpaired) electrons. The molecule has 0 spiro atoms. The Labute approximate surface area is 167 Å². The molecule has 3 aromatic rings. The summed E-state index contributed by atoms with van der Waals surface area (Å²) in [6.45, 7) is 0. The Balaban J connectivity index is 1.85. The zero-order valence-electron chi connectivity index (χ0n) is 15.9. The number of likely N-dealkylation sites (N-methyl/N-ethyl adjacent to an activating group) is 2. The molecule has 1 aromatic heterocycles. The van der Waals surface area contributed by atoms with Gasteiger partial charge in [0.25, 0.3) is 17.7 Å². The number of aromatic nitrogens is 1. The summed E-state index contributed by atoms with van der Waals surface area (Å²) in [5.41, 5.74) is 4.38. The lowest BCUT2D eigenvalue weighted by Gasteiger charge is -2.25. The van der Waals surface area contributed by atoms with Gasteiger partial charge in [0.15, 0.2) is 6.04 Å². The number of para-hydroxylation sites is 1. The molecule has 0 aliphatic carbocycles. The first-order valence-electron chi connectivity index (χ1n) is 8.84. The maximum Gasteiger partial charge on any atom is 0.275 e. The van der Waals surface area contributed by atoms with Crippen molar-refractivity contribution in [1.82, 2.24) is 20.7 Å². The Hall–Kier alpha value is -3.78. The molecule has 2 aromatic carbocycles. The quantitative estimate of drug-likeness (QED) is 0.347. The van der Waals surface area contributed by atoms with E-state index in [4.69, 9.17) is 5.21 Å². The van der Waals surface area contributed by atoms with Crippen LogP contribution in [0.1, 0.15) is 10.4 Å². The first-order valence-corrected chi connectivity index (χ1v) is 8.84. The summed E-state index contributed by atoms with van der Waals surface area (Å²) in [6, 6.07) is 15.1. The van der Waals surface area contributed by atoms with Crippen LogP contribution in [0.15, 0.2) is 60.8 Å². The molecular formula is C21H20N4O4. The molecular weight excluding hydrogens is 372 g/mol. The number of benzene rings is 2. The van der Waals surface area contributed by atoms with E-state index in [0.717, 1.165) is 26.9 Å². The number of hydrogen-bond donors (Lipinski definition) is 3. The highest BCUT2D eigenvalue weighted by molar-refractivity contribution is 6.08. The monoisotopic (exact) mass is 392 g/mol. The molecule has 0 saturated heterocycles. The number of carbonyl (C=O) groups excluding carboxylic acids is 3. The van der Waals surface area contributed by atoms with Gasteiger partial charge in [-0.25, -0.2) is 5.48 Å². The minimum Gasteiger partial charge on any atom is -0.357 e. The first kappa shape index (κ1) is 20.0. The number of rotatable bonds is 5. The first-order chi connectivity index (χ1) is 14.0. The molecule has 3 rings (SSSR count). The standard InChI is InChI=1S/C21H20N4O4/c1-22-19(26)18(20(27)24-29)25(2)21(28)14-9-7-13(8-10-14)16-11-15-5-3-4-6-17(15)23-12-16/h3-12,18,29H,1-2H3,(H,22,26)(H,24,27). The predicted octanol–water partition coefficient (Wildman–Crippen LogP) is 1.59. The van der Waals surface area contributed by atoms with Crippen LogP contribution in [0.25, 0.3) is 22.0 Å². The van der Waals surface area contributed by atoms with Crippen molar-refractivity contribution in [2.24, 2.45) is 0 Å². The SMILES string of the molecule is CNC(=O)C(C(=O)NO)N(C)C(=O)c1ccc(-c2cnc3ccccc3c2)cc1. The number of fused-ring (bicyclic) bond motifs is 1. The molecule has 0 saturated carbocycles. The van der Waals surface area contributed by atoms with Gasteiger partial charge in [0, 0.05) is 36.8 Å². The summed E-state index contributed by atoms with van der Waals surface area (Å²) >= 11 is 0. The number of pyridine rings is 1. The van der Waals surface area contributed by atoms with Crippen LogP contribution in [-0.4, -0.2) is 52.9 Å². The molecule has 0 fully saturated rings. The fourth-order valence-corrected chi connectivity index (χ4v) is 3.02. The van der Waals surface area contributed by atoms with Crippen LogP contribution >= 0.6 is 0 Å². The van der Waals surface area contributed by atoms with Crippen molar-refractivity contribution in [1.29, 1.82) is 0 Å². The van der Waals surface area contributed by atoms with E-state index >= 15 is 0 Å². The normalized spacial score (nSPS) is 11.6. The van der Waals surface area contributed by atoms with Gasteiger partial charge in [0.1, 0.15) is 0 Å². The zero-order valence-corrected chi connectivity index (χ0v) is 15.9. The molecule has 0 aliphatic rings. The van der Waals surface area contributed by atoms with Crippen molar-refractivity contribution < 1.29 is 19.6 Å². The second-order valence-electron chi connectivity index (χ2n) is 6.40. The number of amides is 3. The summed E-state index contributed by atoms with van der Waals surface area (Å²) in [6.07, 6.45) is 1.76. The smallest absolute Gasteiger partial charge is 0.275 e. The molecule has 3 N–H and O–H groups in total. The molecule has 29 heavy (non-hydrogen) atoms. The minimum absolute atomic E-state index is 0.296. The molecule has 0 aliphatic heterocycles. The fourth-order valence-electron chi connectivity index (χ4n) is 3.02. The lowest BCUT2D eigenvalue weighted by Crippen LogP contribution is -2.54. The van der Waals surface area contributed by atoms with Crippen molar-refractivity contribution >= 4 is 28.6 Å². The van der Waals surface area contributed by atoms with Crippen molar-refractivity contribution in [3.63, 3.8) is 0 Å². The van der Waals surface area contributed by atoms with Crippen LogP contribution in [0.5, 0.6) is 0 Å². The molecule has 3 amide bonds. The largest absolute Gasteiger partial charge is 0.357 e. The van der Waals surface area contributed by atoms with Gasteiger partial charge >= 0.3 is 0 Å². The van der Waals surface area contributed by atoms with E-state index in [-0.39, 0.29) is 0 Å². The minimum atomic E-state index is -1.50. The van der Waals surface area contributed by atoms with E-state index in [9.17, 15) is 14.4 Å². The molecule has 8 heteroatoms. The van der Waals surface area contributed by atoms with Crippen LogP contribution in [0.2, 0.25) is 0 Å². The van der Waals surface area contributed by atoms with Crippen molar-refractivity contribution in [3.8, 4) is 11.1 Å². The van der Waals surface area contributed by atoms with E-state index in [0.29, 0.717) is 5.56 Å². The summed E-state index contributed by atoms with van der Waals surface area (Å²) < 4.78 is 0. The van der Waals surface area contributed by atoms with Crippen LogP contribution in [-0.2, 0) is 9.59 Å². The van der Waals surface area contributed by atoms with Crippen LogP contribution < -0.4 is 10.8 Å². The third-order valence-electron chi connectivity index (χ3n) is 4.62. The van der Waals surface area contributed by atoms with Gasteiger partial charge in [0.2, 0.25) is 0 Å². The van der Waals surface area contributed by atoms with E-state index < -0.39 is 23.8 Å². The van der Waals surface area contributed by atoms with Crippen LogP contribution in [0.4, 0.5) is 0 Å². The van der Waals surface area contributed by atoms with Gasteiger partial charge in [0.05, 0.1) is 5.52 Å². The fraction of sp³-hybridized carbons (Fsp3) is 0.143. The summed E-state index contributed by atoms with van der Waals surface area (Å²) in [5, 5.41) is 12.2. The third-order valence-corrected chi connectivity index (χ3v) is 4.62. The Kier molecular flexibility index (Phi) is 5.85.